The van der Waals surface area contributed by atoms with Gasteiger partial charge in [0.05, 0.1) is 39.2 Å². The summed E-state index contributed by atoms with van der Waals surface area (Å²) in [6.07, 6.45) is 6.72. The Labute approximate surface area is 224 Å². The zero-order valence-electron chi connectivity index (χ0n) is 21.0. The van der Waals surface area contributed by atoms with Crippen LogP contribution in [0, 0.1) is 12.8 Å². The van der Waals surface area contributed by atoms with E-state index in [1.807, 2.05) is 34.9 Å². The van der Waals surface area contributed by atoms with E-state index in [1.54, 1.807) is 30.0 Å². The van der Waals surface area contributed by atoms with E-state index in [0.29, 0.717) is 59.3 Å². The summed E-state index contributed by atoms with van der Waals surface area (Å²) in [5.74, 6) is 1.17. The Bertz CT molecular complexity index is 1570. The number of hydrogen-bond acceptors (Lipinski definition) is 6. The molecule has 0 bridgehead atoms. The third kappa shape index (κ3) is 4.62. The number of rotatable bonds is 5. The largest absolute Gasteiger partial charge is 0.484 e. The van der Waals surface area contributed by atoms with E-state index < -0.39 is 0 Å². The Morgan fingerprint density at radius 1 is 1.05 bits per heavy atom. The molecule has 1 N–H and O–H groups in total. The van der Waals surface area contributed by atoms with Gasteiger partial charge in [-0.05, 0) is 56.7 Å². The molecular weight excluding hydrogens is 506 g/mol. The maximum absolute atomic E-state index is 13.7. The monoisotopic (exact) mass is 533 g/mol. The number of pyridine rings is 2. The minimum atomic E-state index is -0.145. The summed E-state index contributed by atoms with van der Waals surface area (Å²) in [4.78, 5) is 35.1. The number of benzene rings is 1. The predicted molar refractivity (Wildman–Crippen MR) is 144 cm³/mol. The van der Waals surface area contributed by atoms with Crippen molar-refractivity contribution in [3.8, 4) is 17.3 Å². The molecule has 3 aromatic heterocycles. The number of imidazole rings is 1. The van der Waals surface area contributed by atoms with Gasteiger partial charge in [0.25, 0.3) is 11.8 Å². The molecule has 0 radical (unpaired) electrons. The van der Waals surface area contributed by atoms with Gasteiger partial charge in [-0.3, -0.25) is 18.9 Å². The molecule has 1 saturated carbocycles. The number of aryl methyl sites for hydroxylation is 1. The van der Waals surface area contributed by atoms with Gasteiger partial charge in [-0.25, -0.2) is 9.78 Å². The Hall–Kier alpha value is -3.85. The van der Waals surface area contributed by atoms with E-state index in [1.165, 1.54) is 0 Å². The highest BCUT2D eigenvalue weighted by atomic mass is 35.5. The second kappa shape index (κ2) is 10.1. The first kappa shape index (κ1) is 24.5. The minimum Gasteiger partial charge on any atom is -0.484 e. The normalized spacial score (nSPS) is 18.9. The van der Waals surface area contributed by atoms with Crippen molar-refractivity contribution in [2.45, 2.75) is 45.2 Å². The van der Waals surface area contributed by atoms with Gasteiger partial charge < -0.3 is 14.8 Å². The van der Waals surface area contributed by atoms with E-state index in [0.717, 1.165) is 36.7 Å². The number of carbonyl (C=O) groups excluding carboxylic acids is 1. The molecule has 196 valence electrons. The number of halogens is 1. The lowest BCUT2D eigenvalue weighted by molar-refractivity contribution is 0.0919. The summed E-state index contributed by atoms with van der Waals surface area (Å²) < 4.78 is 14.8. The highest BCUT2D eigenvalue weighted by Gasteiger charge is 2.26. The molecule has 2 aliphatic rings. The average Bonchev–Trinajstić information content (AvgIpc) is 3.21. The summed E-state index contributed by atoms with van der Waals surface area (Å²) in [7, 11) is 0. The number of amides is 1. The zero-order valence-corrected chi connectivity index (χ0v) is 21.8. The van der Waals surface area contributed by atoms with Crippen LogP contribution in [0.3, 0.4) is 0 Å². The molecule has 10 heteroatoms. The van der Waals surface area contributed by atoms with Gasteiger partial charge in [0.15, 0.2) is 5.75 Å². The van der Waals surface area contributed by atoms with Crippen LogP contribution in [0.2, 0.25) is 5.02 Å². The van der Waals surface area contributed by atoms with Crippen molar-refractivity contribution in [1.29, 1.82) is 0 Å². The van der Waals surface area contributed by atoms with Gasteiger partial charge in [-0.2, -0.15) is 0 Å². The molecule has 1 amide bonds. The molecule has 1 aliphatic carbocycles. The topological polar surface area (TPSA) is 100 Å². The average molecular weight is 534 g/mol. The van der Waals surface area contributed by atoms with Gasteiger partial charge >= 0.3 is 5.69 Å². The van der Waals surface area contributed by atoms with Crippen molar-refractivity contribution in [3.63, 3.8) is 0 Å². The maximum Gasteiger partial charge on any atom is 0.333 e. The lowest BCUT2D eigenvalue weighted by Crippen LogP contribution is -2.39. The van der Waals surface area contributed by atoms with E-state index in [2.05, 4.69) is 15.3 Å². The van der Waals surface area contributed by atoms with Crippen LogP contribution in [-0.4, -0.2) is 44.3 Å². The fourth-order valence-electron chi connectivity index (χ4n) is 5.43. The number of aromatic nitrogens is 4. The molecule has 9 nitrogen and oxygen atoms in total. The van der Waals surface area contributed by atoms with Crippen molar-refractivity contribution in [2.24, 2.45) is 5.92 Å². The summed E-state index contributed by atoms with van der Waals surface area (Å²) in [6, 6.07) is 11.4. The minimum absolute atomic E-state index is 0.0824. The number of ether oxygens (including phenoxy) is 2. The first-order chi connectivity index (χ1) is 18.5. The first-order valence-corrected chi connectivity index (χ1v) is 13.2. The van der Waals surface area contributed by atoms with Crippen LogP contribution in [0.5, 0.6) is 11.6 Å². The van der Waals surface area contributed by atoms with Gasteiger partial charge in [0.2, 0.25) is 0 Å². The van der Waals surface area contributed by atoms with Crippen LogP contribution in [0.4, 0.5) is 0 Å². The Morgan fingerprint density at radius 2 is 1.82 bits per heavy atom. The quantitative estimate of drug-likeness (QED) is 0.410. The Morgan fingerprint density at radius 3 is 2.63 bits per heavy atom. The van der Waals surface area contributed by atoms with Crippen LogP contribution >= 0.6 is 11.6 Å². The first-order valence-electron chi connectivity index (χ1n) is 12.9. The number of hydrogen-bond donors (Lipinski definition) is 1. The van der Waals surface area contributed by atoms with Crippen molar-refractivity contribution < 1.29 is 14.3 Å². The van der Waals surface area contributed by atoms with Crippen molar-refractivity contribution in [2.75, 3.05) is 13.2 Å². The molecule has 4 heterocycles. The molecular formula is C28H28ClN5O4. The number of nitrogens with zero attached hydrogens (tertiary/aromatic N) is 4. The highest BCUT2D eigenvalue weighted by Crippen LogP contribution is 2.31. The molecule has 1 fully saturated rings. The third-order valence-corrected chi connectivity index (χ3v) is 7.60. The molecule has 4 aromatic rings. The molecule has 38 heavy (non-hydrogen) atoms. The van der Waals surface area contributed by atoms with E-state index in [-0.39, 0.29) is 17.6 Å². The second-order valence-electron chi connectivity index (χ2n) is 9.89. The summed E-state index contributed by atoms with van der Waals surface area (Å²) in [6.45, 7) is 3.33. The molecule has 6 rings (SSSR count). The van der Waals surface area contributed by atoms with Crippen LogP contribution in [-0.2, 0) is 6.54 Å². The van der Waals surface area contributed by atoms with Crippen LogP contribution < -0.4 is 20.5 Å². The maximum atomic E-state index is 13.7. The third-order valence-electron chi connectivity index (χ3n) is 7.40. The van der Waals surface area contributed by atoms with Crippen LogP contribution in [0.15, 0.2) is 53.6 Å². The molecule has 0 saturated heterocycles. The fraction of sp³-hybridized carbons (Fsp3) is 0.357. The molecule has 0 atom stereocenters. The van der Waals surface area contributed by atoms with Gasteiger partial charge in [-0.15, -0.1) is 0 Å². The Balaban J connectivity index is 1.19. The van der Waals surface area contributed by atoms with Crippen molar-refractivity contribution in [1.82, 2.24) is 24.4 Å². The van der Waals surface area contributed by atoms with Gasteiger partial charge in [-0.1, -0.05) is 23.7 Å². The SMILES string of the molecule is Cc1ncc(Cl)cc1C(=O)NC1CCC(Cn2c(=O)n(-c3cnc4c(c3)OCCO4)c3ccccc32)CC1. The summed E-state index contributed by atoms with van der Waals surface area (Å²) in [5, 5.41) is 3.59. The number of fused-ring (bicyclic) bond motifs is 2. The van der Waals surface area contributed by atoms with E-state index in [9.17, 15) is 9.59 Å². The predicted octanol–water partition coefficient (Wildman–Crippen LogP) is 4.30. The van der Waals surface area contributed by atoms with Crippen LogP contribution in [0.25, 0.3) is 16.7 Å². The lowest BCUT2D eigenvalue weighted by atomic mass is 9.85. The fourth-order valence-corrected chi connectivity index (χ4v) is 5.59. The highest BCUT2D eigenvalue weighted by molar-refractivity contribution is 6.30. The zero-order chi connectivity index (χ0) is 26.2. The number of nitrogens with one attached hydrogen (secondary N) is 1. The molecule has 0 spiro atoms. The molecule has 0 unspecified atom stereocenters. The number of carbonyl (C=O) groups is 1. The van der Waals surface area contributed by atoms with Gasteiger partial charge in [0, 0.05) is 24.8 Å². The number of para-hydroxylation sites is 2. The van der Waals surface area contributed by atoms with E-state index >= 15 is 0 Å². The molecule has 1 aromatic carbocycles. The Kier molecular flexibility index (Phi) is 6.53. The smallest absolute Gasteiger partial charge is 0.333 e. The summed E-state index contributed by atoms with van der Waals surface area (Å²) >= 11 is 6.04. The molecule has 1 aliphatic heterocycles. The second-order valence-corrected chi connectivity index (χ2v) is 10.3. The van der Waals surface area contributed by atoms with Crippen LogP contribution in [0.1, 0.15) is 41.7 Å². The summed E-state index contributed by atoms with van der Waals surface area (Å²) in [5.41, 5.74) is 3.40. The van der Waals surface area contributed by atoms with Gasteiger partial charge in [0.1, 0.15) is 13.2 Å². The lowest BCUT2D eigenvalue weighted by Gasteiger charge is -2.29. The van der Waals surface area contributed by atoms with E-state index in [4.69, 9.17) is 21.1 Å². The van der Waals surface area contributed by atoms with Crippen molar-refractivity contribution in [3.05, 3.63) is 75.6 Å². The van der Waals surface area contributed by atoms with Crippen molar-refractivity contribution >= 4 is 28.5 Å². The standard InChI is InChI=1S/C28H28ClN5O4/c1-17-22(12-19(29)14-30-17)26(35)32-20-8-6-18(7-9-20)16-33-23-4-2-3-5-24(23)34(28(33)36)21-13-25-27(31-15-21)38-11-10-37-25/h2-5,12-15,18,20H,6-11,16H2,1H3,(H,32,35).